The Kier molecular flexibility index (Phi) is 4.84. The van der Waals surface area contributed by atoms with Crippen molar-refractivity contribution in [3.05, 3.63) is 29.0 Å². The molecule has 1 saturated heterocycles. The molecule has 7 heteroatoms. The zero-order valence-electron chi connectivity index (χ0n) is 13.0. The monoisotopic (exact) mass is 319 g/mol. The molecule has 0 aromatic carbocycles. The number of hydrogen-bond acceptors (Lipinski definition) is 7. The van der Waals surface area contributed by atoms with Gasteiger partial charge in [0.1, 0.15) is 12.1 Å². The van der Waals surface area contributed by atoms with E-state index in [-0.39, 0.29) is 0 Å². The minimum Gasteiger partial charge on any atom is -0.481 e. The summed E-state index contributed by atoms with van der Waals surface area (Å²) in [6, 6.07) is 2.34. The predicted octanol–water partition coefficient (Wildman–Crippen LogP) is 2.04. The second-order valence-corrected chi connectivity index (χ2v) is 6.26. The summed E-state index contributed by atoms with van der Waals surface area (Å²) in [5.41, 5.74) is 3.06. The summed E-state index contributed by atoms with van der Waals surface area (Å²) in [4.78, 5) is 17.5. The van der Waals surface area contributed by atoms with Crippen LogP contribution in [-0.2, 0) is 6.54 Å². The number of hydrogen-bond donors (Lipinski definition) is 0. The van der Waals surface area contributed by atoms with Gasteiger partial charge in [-0.1, -0.05) is 0 Å². The first-order valence-corrected chi connectivity index (χ1v) is 8.39. The van der Waals surface area contributed by atoms with E-state index in [0.29, 0.717) is 11.9 Å². The number of thiazole rings is 1. The van der Waals surface area contributed by atoms with E-state index in [2.05, 4.69) is 37.2 Å². The van der Waals surface area contributed by atoms with E-state index >= 15 is 0 Å². The van der Waals surface area contributed by atoms with Gasteiger partial charge in [-0.2, -0.15) is 0 Å². The average molecular weight is 319 g/mol. The molecule has 1 fully saturated rings. The number of nitrogens with zero attached hydrogens (tertiary/aromatic N) is 5. The Morgan fingerprint density at radius 1 is 1.41 bits per heavy atom. The molecule has 0 saturated carbocycles. The first-order chi connectivity index (χ1) is 10.8. The van der Waals surface area contributed by atoms with Crippen molar-refractivity contribution in [2.75, 3.05) is 32.1 Å². The molecule has 1 aliphatic heterocycles. The second kappa shape index (κ2) is 7.02. The Balaban J connectivity index is 1.65. The van der Waals surface area contributed by atoms with Gasteiger partial charge < -0.3 is 9.64 Å². The topological polar surface area (TPSA) is 54.4 Å². The SMILES string of the molecule is COc1cc(N(C)C2CCCN(Cc3cscn3)C2)ncn1. The number of methoxy groups -OCH3 is 1. The lowest BCUT2D eigenvalue weighted by atomic mass is 10.0. The van der Waals surface area contributed by atoms with Crippen LogP contribution in [0.25, 0.3) is 0 Å². The Morgan fingerprint density at radius 2 is 2.32 bits per heavy atom. The summed E-state index contributed by atoms with van der Waals surface area (Å²) in [5.74, 6) is 1.51. The lowest BCUT2D eigenvalue weighted by molar-refractivity contribution is 0.196. The third kappa shape index (κ3) is 3.53. The van der Waals surface area contributed by atoms with Gasteiger partial charge in [0, 0.05) is 37.6 Å². The highest BCUT2D eigenvalue weighted by molar-refractivity contribution is 7.07. The highest BCUT2D eigenvalue weighted by Crippen LogP contribution is 2.22. The molecule has 1 aliphatic rings. The molecule has 0 bridgehead atoms. The summed E-state index contributed by atoms with van der Waals surface area (Å²) in [5, 5.41) is 2.13. The number of anilines is 1. The molecule has 0 radical (unpaired) electrons. The van der Waals surface area contributed by atoms with Crippen molar-refractivity contribution in [3.8, 4) is 5.88 Å². The van der Waals surface area contributed by atoms with Crippen LogP contribution in [-0.4, -0.2) is 53.1 Å². The van der Waals surface area contributed by atoms with Gasteiger partial charge >= 0.3 is 0 Å². The van der Waals surface area contributed by atoms with E-state index in [0.717, 1.165) is 31.1 Å². The molecule has 0 spiro atoms. The smallest absolute Gasteiger partial charge is 0.218 e. The lowest BCUT2D eigenvalue weighted by Crippen LogP contribution is -2.46. The normalized spacial score (nSPS) is 19.1. The highest BCUT2D eigenvalue weighted by Gasteiger charge is 2.24. The number of likely N-dealkylation sites (N-methyl/N-ethyl adjacent to an activating group) is 1. The highest BCUT2D eigenvalue weighted by atomic mass is 32.1. The van der Waals surface area contributed by atoms with Crippen LogP contribution in [0, 0.1) is 0 Å². The molecule has 3 heterocycles. The largest absolute Gasteiger partial charge is 0.481 e. The minimum absolute atomic E-state index is 0.451. The van der Waals surface area contributed by atoms with E-state index in [1.165, 1.54) is 12.8 Å². The van der Waals surface area contributed by atoms with Gasteiger partial charge in [0.15, 0.2) is 0 Å². The van der Waals surface area contributed by atoms with E-state index in [1.54, 1.807) is 24.8 Å². The maximum atomic E-state index is 5.19. The molecule has 6 nitrogen and oxygen atoms in total. The molecule has 1 atom stereocenters. The maximum Gasteiger partial charge on any atom is 0.218 e. The van der Waals surface area contributed by atoms with E-state index < -0.39 is 0 Å². The van der Waals surface area contributed by atoms with Crippen molar-refractivity contribution in [3.63, 3.8) is 0 Å². The van der Waals surface area contributed by atoms with Crippen molar-refractivity contribution < 1.29 is 4.74 Å². The van der Waals surface area contributed by atoms with Gasteiger partial charge in [-0.15, -0.1) is 11.3 Å². The van der Waals surface area contributed by atoms with Crippen LogP contribution < -0.4 is 9.64 Å². The third-order valence-corrected chi connectivity index (χ3v) is 4.73. The van der Waals surface area contributed by atoms with Gasteiger partial charge in [0.2, 0.25) is 5.88 Å². The second-order valence-electron chi connectivity index (χ2n) is 5.54. The van der Waals surface area contributed by atoms with E-state index in [1.807, 2.05) is 11.6 Å². The third-order valence-electron chi connectivity index (χ3n) is 4.10. The fraction of sp³-hybridized carbons (Fsp3) is 0.533. The number of aromatic nitrogens is 3. The molecule has 118 valence electrons. The summed E-state index contributed by atoms with van der Waals surface area (Å²) >= 11 is 1.66. The summed E-state index contributed by atoms with van der Waals surface area (Å²) in [6.07, 6.45) is 3.93. The van der Waals surface area contributed by atoms with Crippen molar-refractivity contribution in [2.45, 2.75) is 25.4 Å². The van der Waals surface area contributed by atoms with Crippen molar-refractivity contribution in [2.24, 2.45) is 0 Å². The van der Waals surface area contributed by atoms with Crippen LogP contribution in [0.15, 0.2) is 23.3 Å². The van der Waals surface area contributed by atoms with Crippen molar-refractivity contribution in [1.29, 1.82) is 0 Å². The average Bonchev–Trinajstić information content (AvgIpc) is 3.07. The maximum absolute atomic E-state index is 5.19. The van der Waals surface area contributed by atoms with Crippen molar-refractivity contribution >= 4 is 17.2 Å². The lowest BCUT2D eigenvalue weighted by Gasteiger charge is -2.37. The van der Waals surface area contributed by atoms with Crippen LogP contribution in [0.4, 0.5) is 5.82 Å². The molecule has 0 aliphatic carbocycles. The minimum atomic E-state index is 0.451. The molecule has 22 heavy (non-hydrogen) atoms. The fourth-order valence-corrected chi connectivity index (χ4v) is 3.41. The van der Waals surface area contributed by atoms with Gasteiger partial charge in [0.05, 0.1) is 18.3 Å². The molecule has 1 unspecified atom stereocenters. The van der Waals surface area contributed by atoms with Crippen LogP contribution in [0.3, 0.4) is 0 Å². The number of rotatable bonds is 5. The number of likely N-dealkylation sites (tertiary alicyclic amines) is 1. The zero-order valence-corrected chi connectivity index (χ0v) is 13.8. The van der Waals surface area contributed by atoms with Gasteiger partial charge in [-0.25, -0.2) is 15.0 Å². The zero-order chi connectivity index (χ0) is 15.4. The summed E-state index contributed by atoms with van der Waals surface area (Å²) in [7, 11) is 3.72. The molecule has 3 rings (SSSR count). The first-order valence-electron chi connectivity index (χ1n) is 7.44. The Bertz CT molecular complexity index is 591. The Hall–Kier alpha value is -1.73. The molecule has 0 amide bonds. The van der Waals surface area contributed by atoms with E-state index in [9.17, 15) is 0 Å². The molecular weight excluding hydrogens is 298 g/mol. The summed E-state index contributed by atoms with van der Waals surface area (Å²) in [6.45, 7) is 3.09. The van der Waals surface area contributed by atoms with Crippen molar-refractivity contribution in [1.82, 2.24) is 19.9 Å². The quantitative estimate of drug-likeness (QED) is 0.841. The Labute approximate surface area is 134 Å². The first kappa shape index (κ1) is 15.2. The van der Waals surface area contributed by atoms with Gasteiger partial charge in [0.25, 0.3) is 0 Å². The van der Waals surface area contributed by atoms with Gasteiger partial charge in [-0.3, -0.25) is 4.90 Å². The number of ether oxygens (including phenoxy) is 1. The van der Waals surface area contributed by atoms with Crippen LogP contribution in [0.2, 0.25) is 0 Å². The van der Waals surface area contributed by atoms with Crippen LogP contribution in [0.1, 0.15) is 18.5 Å². The van der Waals surface area contributed by atoms with Crippen LogP contribution in [0.5, 0.6) is 5.88 Å². The fourth-order valence-electron chi connectivity index (χ4n) is 2.86. The Morgan fingerprint density at radius 3 is 3.09 bits per heavy atom. The standard InChI is InChI=1S/C15H21N5OS/c1-19(14-6-15(21-2)17-10-16-14)13-4-3-5-20(8-13)7-12-9-22-11-18-12/h6,9-11,13H,3-5,7-8H2,1-2H3. The molecular formula is C15H21N5OS. The predicted molar refractivity (Wildman–Crippen MR) is 87.4 cm³/mol. The van der Waals surface area contributed by atoms with Crippen LogP contribution >= 0.6 is 11.3 Å². The summed E-state index contributed by atoms with van der Waals surface area (Å²) < 4.78 is 5.19. The van der Waals surface area contributed by atoms with Gasteiger partial charge in [-0.05, 0) is 19.4 Å². The molecule has 2 aromatic rings. The number of piperidine rings is 1. The van der Waals surface area contributed by atoms with E-state index in [4.69, 9.17) is 4.74 Å². The molecule has 0 N–H and O–H groups in total. The molecule has 2 aromatic heterocycles.